The third kappa shape index (κ3) is 1.41. The molecule has 3 aromatic rings. The highest BCUT2D eigenvalue weighted by Crippen LogP contribution is 2.29. The largest absolute Gasteiger partial charge is 0.398 e. The van der Waals surface area contributed by atoms with Gasteiger partial charge in [-0.25, -0.2) is 0 Å². The van der Waals surface area contributed by atoms with Crippen molar-refractivity contribution in [1.29, 1.82) is 0 Å². The van der Waals surface area contributed by atoms with Crippen LogP contribution in [0.15, 0.2) is 48.5 Å². The van der Waals surface area contributed by atoms with E-state index in [2.05, 4.69) is 24.3 Å². The van der Waals surface area contributed by atoms with Gasteiger partial charge in [-0.1, -0.05) is 35.9 Å². The first-order chi connectivity index (χ1) is 7.74. The summed E-state index contributed by atoms with van der Waals surface area (Å²) in [6.45, 7) is 0. The van der Waals surface area contributed by atoms with Crippen molar-refractivity contribution in [2.24, 2.45) is 0 Å². The average Bonchev–Trinajstić information content (AvgIpc) is 2.28. The summed E-state index contributed by atoms with van der Waals surface area (Å²) in [7, 11) is 0. The predicted octanol–water partition coefficient (Wildman–Crippen LogP) is 4.23. The SMILES string of the molecule is Nc1cc2cc3ccccc3cc2cc1Cl. The van der Waals surface area contributed by atoms with Crippen LogP contribution < -0.4 is 5.73 Å². The van der Waals surface area contributed by atoms with Gasteiger partial charge in [0.1, 0.15) is 0 Å². The highest BCUT2D eigenvalue weighted by molar-refractivity contribution is 6.34. The van der Waals surface area contributed by atoms with Crippen molar-refractivity contribution in [2.75, 3.05) is 5.73 Å². The first-order valence-electron chi connectivity index (χ1n) is 5.11. The molecule has 0 fully saturated rings. The van der Waals surface area contributed by atoms with E-state index >= 15 is 0 Å². The van der Waals surface area contributed by atoms with Crippen molar-refractivity contribution < 1.29 is 0 Å². The normalized spacial score (nSPS) is 11.1. The van der Waals surface area contributed by atoms with Gasteiger partial charge in [-0.2, -0.15) is 0 Å². The van der Waals surface area contributed by atoms with Crippen molar-refractivity contribution in [2.45, 2.75) is 0 Å². The minimum absolute atomic E-state index is 0.614. The fourth-order valence-corrected chi connectivity index (χ4v) is 2.15. The van der Waals surface area contributed by atoms with Gasteiger partial charge in [-0.3, -0.25) is 0 Å². The number of halogens is 1. The summed E-state index contributed by atoms with van der Waals surface area (Å²) in [5.41, 5.74) is 6.43. The molecule has 0 atom stereocenters. The number of nitrogens with two attached hydrogens (primary N) is 1. The zero-order valence-corrected chi connectivity index (χ0v) is 9.33. The van der Waals surface area contributed by atoms with Gasteiger partial charge < -0.3 is 5.73 Å². The van der Waals surface area contributed by atoms with Crippen LogP contribution in [0.25, 0.3) is 21.5 Å². The molecule has 0 aliphatic carbocycles. The third-order valence-corrected chi connectivity index (χ3v) is 3.15. The quantitative estimate of drug-likeness (QED) is 0.451. The van der Waals surface area contributed by atoms with Crippen molar-refractivity contribution in [3.05, 3.63) is 53.6 Å². The second kappa shape index (κ2) is 3.39. The zero-order chi connectivity index (χ0) is 11.1. The van der Waals surface area contributed by atoms with Gasteiger partial charge in [0.25, 0.3) is 0 Å². The standard InChI is InChI=1S/C14H10ClN/c15-13-7-11-5-9-3-1-2-4-10(9)6-12(11)8-14(13)16/h1-8H,16H2. The lowest BCUT2D eigenvalue weighted by atomic mass is 10.0. The Labute approximate surface area is 98.4 Å². The second-order valence-electron chi connectivity index (χ2n) is 3.92. The number of anilines is 1. The van der Waals surface area contributed by atoms with E-state index in [0.29, 0.717) is 10.7 Å². The van der Waals surface area contributed by atoms with Gasteiger partial charge in [-0.05, 0) is 45.8 Å². The molecule has 0 aliphatic heterocycles. The van der Waals surface area contributed by atoms with E-state index in [1.165, 1.54) is 10.8 Å². The molecule has 0 heterocycles. The Morgan fingerprint density at radius 1 is 0.750 bits per heavy atom. The van der Waals surface area contributed by atoms with Crippen molar-refractivity contribution in [3.63, 3.8) is 0 Å². The lowest BCUT2D eigenvalue weighted by Crippen LogP contribution is -1.86. The summed E-state index contributed by atoms with van der Waals surface area (Å²) in [5.74, 6) is 0. The Hall–Kier alpha value is -1.73. The maximum absolute atomic E-state index is 6.01. The van der Waals surface area contributed by atoms with Gasteiger partial charge in [0.05, 0.1) is 10.7 Å². The van der Waals surface area contributed by atoms with Crippen LogP contribution in [-0.2, 0) is 0 Å². The molecule has 2 heteroatoms. The molecule has 0 radical (unpaired) electrons. The van der Waals surface area contributed by atoms with Crippen LogP contribution in [0.5, 0.6) is 0 Å². The molecule has 0 saturated carbocycles. The molecule has 0 amide bonds. The Morgan fingerprint density at radius 3 is 1.94 bits per heavy atom. The monoisotopic (exact) mass is 227 g/mol. The number of benzene rings is 3. The summed E-state index contributed by atoms with van der Waals surface area (Å²) in [4.78, 5) is 0. The maximum atomic E-state index is 6.01. The molecule has 78 valence electrons. The van der Waals surface area contributed by atoms with E-state index in [-0.39, 0.29) is 0 Å². The molecule has 3 aromatic carbocycles. The highest BCUT2D eigenvalue weighted by atomic mass is 35.5. The fraction of sp³-hybridized carbons (Fsp3) is 0. The van der Waals surface area contributed by atoms with Crippen LogP contribution in [0.4, 0.5) is 5.69 Å². The number of rotatable bonds is 0. The minimum atomic E-state index is 0.614. The molecule has 2 N–H and O–H groups in total. The molecule has 0 spiro atoms. The third-order valence-electron chi connectivity index (χ3n) is 2.82. The Bertz CT molecular complexity index is 629. The van der Waals surface area contributed by atoms with Gasteiger partial charge in [0.15, 0.2) is 0 Å². The summed E-state index contributed by atoms with van der Waals surface area (Å²) >= 11 is 6.01. The summed E-state index contributed by atoms with van der Waals surface area (Å²) < 4.78 is 0. The molecule has 16 heavy (non-hydrogen) atoms. The zero-order valence-electron chi connectivity index (χ0n) is 8.57. The van der Waals surface area contributed by atoms with Crippen LogP contribution in [0.2, 0.25) is 5.02 Å². The van der Waals surface area contributed by atoms with Gasteiger partial charge in [0, 0.05) is 0 Å². The van der Waals surface area contributed by atoms with E-state index in [4.69, 9.17) is 17.3 Å². The lowest BCUT2D eigenvalue weighted by molar-refractivity contribution is 1.74. The Balaban J connectivity index is 2.46. The molecule has 0 aliphatic rings. The van der Waals surface area contributed by atoms with Gasteiger partial charge in [-0.15, -0.1) is 0 Å². The summed E-state index contributed by atoms with van der Waals surface area (Å²) in [6.07, 6.45) is 0. The van der Waals surface area contributed by atoms with Crippen LogP contribution in [0.3, 0.4) is 0 Å². The second-order valence-corrected chi connectivity index (χ2v) is 4.33. The van der Waals surface area contributed by atoms with Crippen LogP contribution >= 0.6 is 11.6 Å². The molecule has 0 bridgehead atoms. The molecular weight excluding hydrogens is 218 g/mol. The van der Waals surface area contributed by atoms with Crippen LogP contribution in [-0.4, -0.2) is 0 Å². The van der Waals surface area contributed by atoms with Crippen molar-refractivity contribution >= 4 is 38.8 Å². The number of nitrogen functional groups attached to an aromatic ring is 1. The molecule has 1 nitrogen and oxygen atoms in total. The molecule has 0 unspecified atom stereocenters. The van der Waals surface area contributed by atoms with E-state index < -0.39 is 0 Å². The molecular formula is C14H10ClN. The maximum Gasteiger partial charge on any atom is 0.0641 e. The van der Waals surface area contributed by atoms with Crippen LogP contribution in [0, 0.1) is 0 Å². The smallest absolute Gasteiger partial charge is 0.0641 e. The van der Waals surface area contributed by atoms with Crippen molar-refractivity contribution in [1.82, 2.24) is 0 Å². The predicted molar refractivity (Wildman–Crippen MR) is 70.9 cm³/mol. The average molecular weight is 228 g/mol. The van der Waals surface area contributed by atoms with Gasteiger partial charge in [0.2, 0.25) is 0 Å². The van der Waals surface area contributed by atoms with E-state index in [1.54, 1.807) is 0 Å². The van der Waals surface area contributed by atoms with E-state index in [1.807, 2.05) is 24.3 Å². The van der Waals surface area contributed by atoms with Gasteiger partial charge >= 0.3 is 0 Å². The molecule has 0 aromatic heterocycles. The van der Waals surface area contributed by atoms with E-state index in [0.717, 1.165) is 10.8 Å². The molecule has 3 rings (SSSR count). The molecule has 0 saturated heterocycles. The summed E-state index contributed by atoms with van der Waals surface area (Å²) in [6, 6.07) is 16.4. The van der Waals surface area contributed by atoms with Crippen molar-refractivity contribution in [3.8, 4) is 0 Å². The van der Waals surface area contributed by atoms with E-state index in [9.17, 15) is 0 Å². The first-order valence-corrected chi connectivity index (χ1v) is 5.49. The lowest BCUT2D eigenvalue weighted by Gasteiger charge is -2.04. The summed E-state index contributed by atoms with van der Waals surface area (Å²) in [5, 5.41) is 5.30. The topological polar surface area (TPSA) is 26.0 Å². The van der Waals surface area contributed by atoms with Crippen LogP contribution in [0.1, 0.15) is 0 Å². The Morgan fingerprint density at radius 2 is 1.31 bits per heavy atom. The minimum Gasteiger partial charge on any atom is -0.398 e. The number of hydrogen-bond acceptors (Lipinski definition) is 1. The fourth-order valence-electron chi connectivity index (χ4n) is 1.98. The number of hydrogen-bond donors (Lipinski definition) is 1. The number of fused-ring (bicyclic) bond motifs is 2. The Kier molecular flexibility index (Phi) is 2.01. The first kappa shape index (κ1) is 9.49. The highest BCUT2D eigenvalue weighted by Gasteiger charge is 2.01.